The van der Waals surface area contributed by atoms with Gasteiger partial charge in [-0.2, -0.15) is 0 Å². The third kappa shape index (κ3) is 11.5. The molecule has 0 aliphatic heterocycles. The first-order valence-electron chi connectivity index (χ1n) is 10.2. The lowest BCUT2D eigenvalue weighted by molar-refractivity contribution is 0.0359. The number of hydrogen-bond acceptors (Lipinski definition) is 3. The van der Waals surface area contributed by atoms with E-state index < -0.39 is 11.7 Å². The van der Waals surface area contributed by atoms with Gasteiger partial charge in [-0.3, -0.25) is 0 Å². The fourth-order valence-electron chi connectivity index (χ4n) is 3.07. The van der Waals surface area contributed by atoms with E-state index in [1.807, 2.05) is 20.8 Å². The summed E-state index contributed by atoms with van der Waals surface area (Å²) in [7, 11) is 0. The Kier molecular flexibility index (Phi) is 12.2. The molecular formula is C21H43NO3. The molecule has 0 fully saturated rings. The minimum Gasteiger partial charge on any atom is -0.444 e. The SMILES string of the molecule is CCCCCCCCCCC(CO)(CNC(=O)OC(C)(C)C)C(C)C. The molecule has 4 nitrogen and oxygen atoms in total. The van der Waals surface area contributed by atoms with Crippen molar-refractivity contribution in [1.82, 2.24) is 5.32 Å². The standard InChI is InChI=1S/C21H43NO3/c1-7-8-9-10-11-12-13-14-15-21(17-23,18(2)3)16-22-19(24)25-20(4,5)6/h18,23H,7-17H2,1-6H3,(H,22,24). The smallest absolute Gasteiger partial charge is 0.407 e. The molecule has 0 saturated heterocycles. The van der Waals surface area contributed by atoms with E-state index in [0.29, 0.717) is 12.5 Å². The Morgan fingerprint density at radius 3 is 1.96 bits per heavy atom. The van der Waals surface area contributed by atoms with Gasteiger partial charge in [-0.05, 0) is 33.1 Å². The third-order valence-corrected chi connectivity index (χ3v) is 5.05. The fourth-order valence-corrected chi connectivity index (χ4v) is 3.07. The number of ether oxygens (including phenoxy) is 1. The number of hydrogen-bond donors (Lipinski definition) is 2. The number of rotatable bonds is 13. The van der Waals surface area contributed by atoms with E-state index in [4.69, 9.17) is 4.74 Å². The Bertz CT molecular complexity index is 350. The second kappa shape index (κ2) is 12.6. The van der Waals surface area contributed by atoms with Crippen molar-refractivity contribution in [3.8, 4) is 0 Å². The number of aliphatic hydroxyl groups excluding tert-OH is 1. The van der Waals surface area contributed by atoms with Crippen LogP contribution in [0.2, 0.25) is 0 Å². The van der Waals surface area contributed by atoms with E-state index in [1.54, 1.807) is 0 Å². The molecule has 0 aliphatic carbocycles. The van der Waals surface area contributed by atoms with Crippen LogP contribution in [0.4, 0.5) is 4.79 Å². The summed E-state index contributed by atoms with van der Waals surface area (Å²) >= 11 is 0. The van der Waals surface area contributed by atoms with E-state index in [-0.39, 0.29) is 12.0 Å². The summed E-state index contributed by atoms with van der Waals surface area (Å²) in [5.74, 6) is 0.303. The van der Waals surface area contributed by atoms with Crippen molar-refractivity contribution in [1.29, 1.82) is 0 Å². The Labute approximate surface area is 156 Å². The largest absolute Gasteiger partial charge is 0.444 e. The Morgan fingerprint density at radius 2 is 1.52 bits per heavy atom. The topological polar surface area (TPSA) is 58.6 Å². The summed E-state index contributed by atoms with van der Waals surface area (Å²) < 4.78 is 5.32. The normalized spacial score (nSPS) is 14.4. The van der Waals surface area contributed by atoms with Crippen molar-refractivity contribution in [2.45, 2.75) is 105 Å². The quantitative estimate of drug-likeness (QED) is 0.417. The molecule has 0 aromatic carbocycles. The summed E-state index contributed by atoms with van der Waals surface area (Å²) in [4.78, 5) is 11.9. The summed E-state index contributed by atoms with van der Waals surface area (Å²) in [5, 5.41) is 12.9. The number of amides is 1. The molecular weight excluding hydrogens is 314 g/mol. The molecule has 0 bridgehead atoms. The number of carbonyl (C=O) groups is 1. The summed E-state index contributed by atoms with van der Waals surface area (Å²) in [5.41, 5.74) is -0.763. The van der Waals surface area contributed by atoms with Gasteiger partial charge in [0.05, 0.1) is 6.61 Å². The minimum atomic E-state index is -0.498. The molecule has 1 unspecified atom stereocenters. The van der Waals surface area contributed by atoms with Gasteiger partial charge < -0.3 is 15.2 Å². The maximum absolute atomic E-state index is 11.9. The number of aliphatic hydroxyl groups is 1. The number of nitrogens with one attached hydrogen (secondary N) is 1. The number of unbranched alkanes of at least 4 members (excludes halogenated alkanes) is 7. The predicted octanol–water partition coefficient (Wildman–Crippen LogP) is 5.68. The van der Waals surface area contributed by atoms with E-state index >= 15 is 0 Å². The van der Waals surface area contributed by atoms with E-state index in [1.165, 1.54) is 44.9 Å². The highest BCUT2D eigenvalue weighted by Gasteiger charge is 2.33. The predicted molar refractivity (Wildman–Crippen MR) is 106 cm³/mol. The zero-order valence-electron chi connectivity index (χ0n) is 17.6. The van der Waals surface area contributed by atoms with Crippen LogP contribution in [-0.4, -0.2) is 30.0 Å². The van der Waals surface area contributed by atoms with E-state index in [2.05, 4.69) is 26.1 Å². The lowest BCUT2D eigenvalue weighted by Gasteiger charge is -2.36. The van der Waals surface area contributed by atoms with E-state index in [9.17, 15) is 9.90 Å². The average Bonchev–Trinajstić information content (AvgIpc) is 2.51. The van der Waals surface area contributed by atoms with Crippen LogP contribution in [0.5, 0.6) is 0 Å². The van der Waals surface area contributed by atoms with Gasteiger partial charge >= 0.3 is 6.09 Å². The highest BCUT2D eigenvalue weighted by atomic mass is 16.6. The Balaban J connectivity index is 4.27. The maximum atomic E-state index is 11.9. The summed E-state index contributed by atoms with van der Waals surface area (Å²) in [6.07, 6.45) is 10.7. The number of alkyl carbamates (subject to hydrolysis) is 1. The van der Waals surface area contributed by atoms with Gasteiger partial charge in [-0.1, -0.05) is 72.1 Å². The zero-order chi connectivity index (χ0) is 19.3. The monoisotopic (exact) mass is 357 g/mol. The van der Waals surface area contributed by atoms with Crippen LogP contribution in [0.15, 0.2) is 0 Å². The second-order valence-corrected chi connectivity index (χ2v) is 8.76. The highest BCUT2D eigenvalue weighted by Crippen LogP contribution is 2.33. The molecule has 0 aromatic heterocycles. The van der Waals surface area contributed by atoms with Crippen LogP contribution < -0.4 is 5.32 Å². The molecule has 0 heterocycles. The van der Waals surface area contributed by atoms with E-state index in [0.717, 1.165) is 12.8 Å². The van der Waals surface area contributed by atoms with Crippen LogP contribution in [0.25, 0.3) is 0 Å². The molecule has 0 spiro atoms. The van der Waals surface area contributed by atoms with Crippen molar-refractivity contribution >= 4 is 6.09 Å². The van der Waals surface area contributed by atoms with Gasteiger partial charge in [0.25, 0.3) is 0 Å². The minimum absolute atomic E-state index is 0.0942. The van der Waals surface area contributed by atoms with Gasteiger partial charge in [0.1, 0.15) is 5.60 Å². The maximum Gasteiger partial charge on any atom is 0.407 e. The van der Waals surface area contributed by atoms with Crippen LogP contribution in [-0.2, 0) is 4.74 Å². The first-order chi connectivity index (χ1) is 11.7. The molecule has 0 aromatic rings. The molecule has 0 rings (SSSR count). The first-order valence-corrected chi connectivity index (χ1v) is 10.2. The Morgan fingerprint density at radius 1 is 1.00 bits per heavy atom. The van der Waals surface area contributed by atoms with Gasteiger partial charge in [0, 0.05) is 12.0 Å². The lowest BCUT2D eigenvalue weighted by atomic mass is 9.73. The van der Waals surface area contributed by atoms with Crippen molar-refractivity contribution in [2.24, 2.45) is 11.3 Å². The molecule has 0 saturated carbocycles. The summed E-state index contributed by atoms with van der Waals surface area (Å²) in [6.45, 7) is 12.6. The van der Waals surface area contributed by atoms with Gasteiger partial charge in [0.2, 0.25) is 0 Å². The molecule has 150 valence electrons. The van der Waals surface area contributed by atoms with Crippen LogP contribution in [0.3, 0.4) is 0 Å². The van der Waals surface area contributed by atoms with Crippen molar-refractivity contribution in [3.63, 3.8) is 0 Å². The van der Waals surface area contributed by atoms with Crippen molar-refractivity contribution in [2.75, 3.05) is 13.2 Å². The van der Waals surface area contributed by atoms with Crippen LogP contribution in [0, 0.1) is 11.3 Å². The molecule has 1 atom stereocenters. The van der Waals surface area contributed by atoms with Gasteiger partial charge in [0.15, 0.2) is 0 Å². The molecule has 4 heteroatoms. The van der Waals surface area contributed by atoms with Crippen molar-refractivity contribution < 1.29 is 14.6 Å². The lowest BCUT2D eigenvalue weighted by Crippen LogP contribution is -2.45. The Hall–Kier alpha value is -0.770. The van der Waals surface area contributed by atoms with Gasteiger partial charge in [-0.25, -0.2) is 4.79 Å². The highest BCUT2D eigenvalue weighted by molar-refractivity contribution is 5.67. The molecule has 2 N–H and O–H groups in total. The third-order valence-electron chi connectivity index (χ3n) is 5.05. The zero-order valence-corrected chi connectivity index (χ0v) is 17.6. The van der Waals surface area contributed by atoms with Crippen LogP contribution >= 0.6 is 0 Å². The second-order valence-electron chi connectivity index (χ2n) is 8.76. The summed E-state index contributed by atoms with van der Waals surface area (Å²) in [6, 6.07) is 0. The molecule has 0 radical (unpaired) electrons. The molecule has 1 amide bonds. The van der Waals surface area contributed by atoms with Gasteiger partial charge in [-0.15, -0.1) is 0 Å². The first kappa shape index (κ1) is 24.2. The molecule has 0 aliphatic rings. The van der Waals surface area contributed by atoms with Crippen molar-refractivity contribution in [3.05, 3.63) is 0 Å². The fraction of sp³-hybridized carbons (Fsp3) is 0.952. The van der Waals surface area contributed by atoms with Crippen LogP contribution in [0.1, 0.15) is 99.3 Å². The average molecular weight is 358 g/mol. The molecule has 25 heavy (non-hydrogen) atoms. The number of carbonyl (C=O) groups excluding carboxylic acids is 1.